The molecule has 1 atom stereocenters. The van der Waals surface area contributed by atoms with E-state index in [9.17, 15) is 13.6 Å². The molecule has 0 radical (unpaired) electrons. The van der Waals surface area contributed by atoms with E-state index in [1.54, 1.807) is 0 Å². The van der Waals surface area contributed by atoms with Crippen LogP contribution in [0.15, 0.2) is 0 Å². The lowest BCUT2D eigenvalue weighted by atomic mass is 9.85. The smallest absolute Gasteiger partial charge is 0.248 e. The van der Waals surface area contributed by atoms with E-state index in [2.05, 4.69) is 5.32 Å². The van der Waals surface area contributed by atoms with Crippen molar-refractivity contribution in [3.63, 3.8) is 0 Å². The Balaban J connectivity index is 2.41. The van der Waals surface area contributed by atoms with Crippen molar-refractivity contribution in [1.29, 1.82) is 0 Å². The van der Waals surface area contributed by atoms with Crippen molar-refractivity contribution in [2.75, 3.05) is 13.2 Å². The Kier molecular flexibility index (Phi) is 5.08. The predicted octanol–water partition coefficient (Wildman–Crippen LogP) is 2.34. The summed E-state index contributed by atoms with van der Waals surface area (Å²) in [6.45, 7) is 4.33. The number of rotatable bonds is 5. The summed E-state index contributed by atoms with van der Waals surface area (Å²) in [6.07, 6.45) is 1.09. The molecule has 5 heteroatoms. The Morgan fingerprint density at radius 2 is 2.17 bits per heavy atom. The van der Waals surface area contributed by atoms with Crippen molar-refractivity contribution in [1.82, 2.24) is 5.32 Å². The van der Waals surface area contributed by atoms with Gasteiger partial charge in [-0.1, -0.05) is 13.8 Å². The van der Waals surface area contributed by atoms with E-state index in [0.29, 0.717) is 25.8 Å². The largest absolute Gasteiger partial charge is 0.396 e. The molecule has 0 saturated heterocycles. The van der Waals surface area contributed by atoms with Gasteiger partial charge in [0, 0.05) is 31.9 Å². The molecule has 2 N–H and O–H groups in total. The molecular weight excluding hydrogens is 240 g/mol. The zero-order chi connectivity index (χ0) is 13.8. The van der Waals surface area contributed by atoms with Crippen LogP contribution in [0.1, 0.15) is 46.0 Å². The first kappa shape index (κ1) is 15.3. The van der Waals surface area contributed by atoms with Crippen LogP contribution in [-0.4, -0.2) is 30.1 Å². The average Bonchev–Trinajstić information content (AvgIpc) is 2.24. The van der Waals surface area contributed by atoms with E-state index in [1.807, 2.05) is 13.8 Å². The highest BCUT2D eigenvalue weighted by Crippen LogP contribution is 2.36. The lowest BCUT2D eigenvalue weighted by Gasteiger charge is -2.30. The average molecular weight is 263 g/mol. The molecule has 0 aromatic carbocycles. The highest BCUT2D eigenvalue weighted by atomic mass is 19.3. The lowest BCUT2D eigenvalue weighted by molar-refractivity contribution is -0.132. The Hall–Kier alpha value is -0.710. The summed E-state index contributed by atoms with van der Waals surface area (Å²) in [5.41, 5.74) is -0.207. The summed E-state index contributed by atoms with van der Waals surface area (Å²) >= 11 is 0. The van der Waals surface area contributed by atoms with Crippen molar-refractivity contribution in [3.05, 3.63) is 0 Å². The molecule has 0 aromatic heterocycles. The minimum absolute atomic E-state index is 0.0599. The van der Waals surface area contributed by atoms with Gasteiger partial charge in [-0.25, -0.2) is 8.78 Å². The van der Waals surface area contributed by atoms with Crippen LogP contribution in [0.25, 0.3) is 0 Å². The molecular formula is C13H23F2NO2. The van der Waals surface area contributed by atoms with E-state index in [0.717, 1.165) is 0 Å². The van der Waals surface area contributed by atoms with E-state index in [-0.39, 0.29) is 30.8 Å². The Morgan fingerprint density at radius 3 is 2.72 bits per heavy atom. The molecule has 0 aliphatic heterocycles. The summed E-state index contributed by atoms with van der Waals surface area (Å²) in [5, 5.41) is 11.6. The number of alkyl halides is 2. The van der Waals surface area contributed by atoms with Gasteiger partial charge < -0.3 is 10.4 Å². The minimum Gasteiger partial charge on any atom is -0.396 e. The van der Waals surface area contributed by atoms with Gasteiger partial charge in [-0.3, -0.25) is 4.79 Å². The third-order valence-electron chi connectivity index (χ3n) is 3.54. The fraction of sp³-hybridized carbons (Fsp3) is 0.923. The fourth-order valence-electron chi connectivity index (χ4n) is 2.26. The summed E-state index contributed by atoms with van der Waals surface area (Å²) in [7, 11) is 0. The normalized spacial score (nSPS) is 23.7. The van der Waals surface area contributed by atoms with Crippen LogP contribution in [-0.2, 0) is 4.79 Å². The Bertz CT molecular complexity index is 293. The number of hydrogen-bond acceptors (Lipinski definition) is 2. The second-order valence-corrected chi connectivity index (χ2v) is 6.00. The standard InChI is InChI=1S/C13H23F2NO2/c1-12(2,6-7-17)9-16-11(18)10-4-3-5-13(14,15)8-10/h10,17H,3-9H2,1-2H3,(H,16,18). The first-order chi connectivity index (χ1) is 8.26. The number of aliphatic hydroxyl groups is 1. The third-order valence-corrected chi connectivity index (χ3v) is 3.54. The maximum atomic E-state index is 13.2. The summed E-state index contributed by atoms with van der Waals surface area (Å²) in [5.74, 6) is -3.54. The number of carbonyl (C=O) groups is 1. The maximum Gasteiger partial charge on any atom is 0.248 e. The van der Waals surface area contributed by atoms with Crippen LogP contribution in [0.3, 0.4) is 0 Å². The second kappa shape index (κ2) is 5.95. The van der Waals surface area contributed by atoms with Gasteiger partial charge in [0.2, 0.25) is 11.8 Å². The summed E-state index contributed by atoms with van der Waals surface area (Å²) in [6, 6.07) is 0. The molecule has 1 amide bonds. The molecule has 0 aromatic rings. The van der Waals surface area contributed by atoms with Gasteiger partial charge in [-0.2, -0.15) is 0 Å². The van der Waals surface area contributed by atoms with Crippen molar-refractivity contribution >= 4 is 5.91 Å². The van der Waals surface area contributed by atoms with E-state index in [4.69, 9.17) is 5.11 Å². The van der Waals surface area contributed by atoms with Crippen molar-refractivity contribution in [3.8, 4) is 0 Å². The van der Waals surface area contributed by atoms with Crippen LogP contribution in [0.4, 0.5) is 8.78 Å². The van der Waals surface area contributed by atoms with Gasteiger partial charge in [0.15, 0.2) is 0 Å². The van der Waals surface area contributed by atoms with Crippen LogP contribution < -0.4 is 5.32 Å². The van der Waals surface area contributed by atoms with Crippen molar-refractivity contribution < 1.29 is 18.7 Å². The first-order valence-corrected chi connectivity index (χ1v) is 6.52. The molecule has 0 bridgehead atoms. The highest BCUT2D eigenvalue weighted by molar-refractivity contribution is 5.78. The van der Waals surface area contributed by atoms with Crippen molar-refractivity contribution in [2.45, 2.75) is 51.9 Å². The fourth-order valence-corrected chi connectivity index (χ4v) is 2.26. The van der Waals surface area contributed by atoms with E-state index in [1.165, 1.54) is 0 Å². The molecule has 106 valence electrons. The van der Waals surface area contributed by atoms with E-state index < -0.39 is 11.8 Å². The van der Waals surface area contributed by atoms with Gasteiger partial charge in [0.05, 0.1) is 0 Å². The molecule has 18 heavy (non-hydrogen) atoms. The Labute approximate surface area is 107 Å². The van der Waals surface area contributed by atoms with Gasteiger partial charge in [0.25, 0.3) is 0 Å². The van der Waals surface area contributed by atoms with Gasteiger partial charge in [-0.05, 0) is 24.7 Å². The molecule has 1 unspecified atom stereocenters. The number of carbonyl (C=O) groups excluding carboxylic acids is 1. The quantitative estimate of drug-likeness (QED) is 0.800. The molecule has 3 nitrogen and oxygen atoms in total. The van der Waals surface area contributed by atoms with Crippen LogP contribution in [0.2, 0.25) is 0 Å². The highest BCUT2D eigenvalue weighted by Gasteiger charge is 2.39. The topological polar surface area (TPSA) is 49.3 Å². The second-order valence-electron chi connectivity index (χ2n) is 6.00. The van der Waals surface area contributed by atoms with Gasteiger partial charge >= 0.3 is 0 Å². The number of amides is 1. The molecule has 1 saturated carbocycles. The van der Waals surface area contributed by atoms with Gasteiger partial charge in [-0.15, -0.1) is 0 Å². The first-order valence-electron chi connectivity index (χ1n) is 6.52. The Morgan fingerprint density at radius 1 is 1.50 bits per heavy atom. The number of nitrogens with one attached hydrogen (secondary N) is 1. The molecule has 1 rings (SSSR count). The SMILES string of the molecule is CC(C)(CCO)CNC(=O)C1CCCC(F)(F)C1. The minimum atomic E-state index is -2.69. The number of aliphatic hydroxyl groups excluding tert-OH is 1. The summed E-state index contributed by atoms with van der Waals surface area (Å²) < 4.78 is 26.4. The molecule has 1 aliphatic carbocycles. The van der Waals surface area contributed by atoms with Crippen LogP contribution in [0.5, 0.6) is 0 Å². The molecule has 1 fully saturated rings. The maximum absolute atomic E-state index is 13.2. The number of hydrogen-bond donors (Lipinski definition) is 2. The van der Waals surface area contributed by atoms with E-state index >= 15 is 0 Å². The summed E-state index contributed by atoms with van der Waals surface area (Å²) in [4.78, 5) is 11.8. The van der Waals surface area contributed by atoms with Crippen LogP contribution in [0, 0.1) is 11.3 Å². The lowest BCUT2D eigenvalue weighted by Crippen LogP contribution is -2.41. The monoisotopic (exact) mass is 263 g/mol. The molecule has 0 spiro atoms. The van der Waals surface area contributed by atoms with Crippen molar-refractivity contribution in [2.24, 2.45) is 11.3 Å². The zero-order valence-corrected chi connectivity index (χ0v) is 11.1. The predicted molar refractivity (Wildman–Crippen MR) is 65.4 cm³/mol. The van der Waals surface area contributed by atoms with Crippen LogP contribution >= 0.6 is 0 Å². The number of halogens is 2. The third kappa shape index (κ3) is 4.88. The molecule has 1 aliphatic rings. The van der Waals surface area contributed by atoms with Gasteiger partial charge in [0.1, 0.15) is 0 Å². The molecule has 0 heterocycles. The zero-order valence-electron chi connectivity index (χ0n) is 11.1.